The van der Waals surface area contributed by atoms with Crippen molar-refractivity contribution in [3.63, 3.8) is 0 Å². The molecule has 0 radical (unpaired) electrons. The summed E-state index contributed by atoms with van der Waals surface area (Å²) in [6, 6.07) is 8.79. The molecule has 2 aliphatic rings. The SMILES string of the molecule is CCC(=O)c1nn(C)c2c1CCc1cnc(Cc3ccc(N4CCN(C)CC4)cc3)nc1-2. The molecule has 0 amide bonds. The number of aromatic nitrogens is 4. The van der Waals surface area contributed by atoms with Gasteiger partial charge in [-0.05, 0) is 43.1 Å². The molecule has 1 aliphatic carbocycles. The smallest absolute Gasteiger partial charge is 0.183 e. The van der Waals surface area contributed by atoms with Crippen LogP contribution < -0.4 is 4.90 Å². The van der Waals surface area contributed by atoms with Crippen molar-refractivity contribution >= 4 is 11.5 Å². The van der Waals surface area contributed by atoms with Crippen molar-refractivity contribution in [3.05, 3.63) is 58.7 Å². The first-order chi connectivity index (χ1) is 15.5. The zero-order chi connectivity index (χ0) is 22.2. The number of piperazine rings is 1. The van der Waals surface area contributed by atoms with E-state index in [-0.39, 0.29) is 5.78 Å². The van der Waals surface area contributed by atoms with Crippen molar-refractivity contribution in [2.75, 3.05) is 38.1 Å². The standard InChI is InChI=1S/C25H30N6O/c1-4-21(32)24-20-10-7-18-16-26-22(27-23(18)25(20)30(3)28-24)15-17-5-8-19(9-6-17)31-13-11-29(2)12-14-31/h5-6,8-9,16H,4,7,10-15H2,1-3H3. The molecule has 7 nitrogen and oxygen atoms in total. The van der Waals surface area contributed by atoms with E-state index in [1.807, 2.05) is 24.9 Å². The highest BCUT2D eigenvalue weighted by Crippen LogP contribution is 2.34. The predicted molar refractivity (Wildman–Crippen MR) is 125 cm³/mol. The van der Waals surface area contributed by atoms with Gasteiger partial charge in [-0.2, -0.15) is 5.10 Å². The second kappa shape index (κ2) is 8.47. The molecule has 7 heteroatoms. The molecular formula is C25H30N6O. The molecular weight excluding hydrogens is 400 g/mol. The summed E-state index contributed by atoms with van der Waals surface area (Å²) in [7, 11) is 4.08. The van der Waals surface area contributed by atoms with Gasteiger partial charge in [0.25, 0.3) is 0 Å². The molecule has 0 spiro atoms. The van der Waals surface area contributed by atoms with Crippen LogP contribution in [0.3, 0.4) is 0 Å². The van der Waals surface area contributed by atoms with Crippen LogP contribution in [-0.4, -0.2) is 63.7 Å². The minimum atomic E-state index is 0.0972. The molecule has 166 valence electrons. The number of fused-ring (bicyclic) bond motifs is 3. The fourth-order valence-corrected chi connectivity index (χ4v) is 4.74. The second-order valence-electron chi connectivity index (χ2n) is 8.87. The van der Waals surface area contributed by atoms with Gasteiger partial charge in [0, 0.05) is 63.5 Å². The number of carbonyl (C=O) groups excluding carboxylic acids is 1. The van der Waals surface area contributed by atoms with Crippen LogP contribution in [0.1, 0.15) is 46.3 Å². The lowest BCUT2D eigenvalue weighted by Gasteiger charge is -2.34. The maximum absolute atomic E-state index is 12.4. The summed E-state index contributed by atoms with van der Waals surface area (Å²) >= 11 is 0. The summed E-state index contributed by atoms with van der Waals surface area (Å²) in [5, 5.41) is 4.53. The van der Waals surface area contributed by atoms with Crippen molar-refractivity contribution in [2.45, 2.75) is 32.6 Å². The van der Waals surface area contributed by atoms with E-state index in [2.05, 4.69) is 51.2 Å². The zero-order valence-electron chi connectivity index (χ0n) is 19.1. The normalized spacial score (nSPS) is 16.0. The molecule has 1 saturated heterocycles. The van der Waals surface area contributed by atoms with Gasteiger partial charge < -0.3 is 9.80 Å². The quantitative estimate of drug-likeness (QED) is 0.580. The third-order valence-corrected chi connectivity index (χ3v) is 6.68. The van der Waals surface area contributed by atoms with E-state index in [4.69, 9.17) is 4.98 Å². The number of rotatable bonds is 5. The molecule has 1 fully saturated rings. The molecule has 0 atom stereocenters. The van der Waals surface area contributed by atoms with Crippen molar-refractivity contribution in [1.82, 2.24) is 24.6 Å². The fraction of sp³-hybridized carbons (Fsp3) is 0.440. The predicted octanol–water partition coefficient (Wildman–Crippen LogP) is 2.91. The second-order valence-corrected chi connectivity index (χ2v) is 8.87. The number of benzene rings is 1. The lowest BCUT2D eigenvalue weighted by Crippen LogP contribution is -2.44. The highest BCUT2D eigenvalue weighted by Gasteiger charge is 2.28. The molecule has 32 heavy (non-hydrogen) atoms. The topological polar surface area (TPSA) is 67.2 Å². The first-order valence-corrected chi connectivity index (χ1v) is 11.5. The highest BCUT2D eigenvalue weighted by molar-refractivity contribution is 5.97. The molecule has 5 rings (SSSR count). The zero-order valence-corrected chi connectivity index (χ0v) is 19.1. The van der Waals surface area contributed by atoms with Gasteiger partial charge in [0.05, 0.1) is 11.4 Å². The van der Waals surface area contributed by atoms with Gasteiger partial charge >= 0.3 is 0 Å². The third-order valence-electron chi connectivity index (χ3n) is 6.68. The Labute approximate surface area is 189 Å². The van der Waals surface area contributed by atoms with Crippen LogP contribution in [-0.2, 0) is 26.3 Å². The third kappa shape index (κ3) is 3.81. The average Bonchev–Trinajstić information content (AvgIpc) is 3.16. The molecule has 0 N–H and O–H groups in total. The number of aryl methyl sites for hydroxylation is 2. The Morgan fingerprint density at radius 1 is 1.03 bits per heavy atom. The van der Waals surface area contributed by atoms with Crippen LogP contribution >= 0.6 is 0 Å². The highest BCUT2D eigenvalue weighted by atomic mass is 16.1. The number of likely N-dealkylation sites (N-methyl/N-ethyl adjacent to an activating group) is 1. The maximum atomic E-state index is 12.4. The molecule has 3 aromatic rings. The summed E-state index contributed by atoms with van der Waals surface area (Å²) in [4.78, 5) is 26.7. The van der Waals surface area contributed by atoms with Gasteiger partial charge in [0.1, 0.15) is 11.5 Å². The molecule has 0 bridgehead atoms. The van der Waals surface area contributed by atoms with Gasteiger partial charge in [-0.3, -0.25) is 9.48 Å². The average molecular weight is 431 g/mol. The number of nitrogens with zero attached hydrogens (tertiary/aromatic N) is 6. The molecule has 0 unspecified atom stereocenters. The van der Waals surface area contributed by atoms with Gasteiger partial charge in [0.2, 0.25) is 0 Å². The molecule has 0 saturated carbocycles. The van der Waals surface area contributed by atoms with Crippen LogP contribution in [0.25, 0.3) is 11.4 Å². The summed E-state index contributed by atoms with van der Waals surface area (Å²) in [5.41, 5.74) is 7.15. The first-order valence-electron chi connectivity index (χ1n) is 11.5. The van der Waals surface area contributed by atoms with E-state index in [9.17, 15) is 4.79 Å². The Balaban J connectivity index is 1.38. The van der Waals surface area contributed by atoms with E-state index in [0.717, 1.165) is 67.4 Å². The summed E-state index contributed by atoms with van der Waals surface area (Å²) in [6.45, 7) is 6.23. The molecule has 3 heterocycles. The van der Waals surface area contributed by atoms with Gasteiger partial charge in [0.15, 0.2) is 5.78 Å². The Hall–Kier alpha value is -3.06. The van der Waals surface area contributed by atoms with Crippen molar-refractivity contribution in [1.29, 1.82) is 0 Å². The number of hydrogen-bond donors (Lipinski definition) is 0. The molecule has 1 aliphatic heterocycles. The largest absolute Gasteiger partial charge is 0.369 e. The van der Waals surface area contributed by atoms with Crippen LogP contribution in [0, 0.1) is 0 Å². The van der Waals surface area contributed by atoms with E-state index in [1.54, 1.807) is 0 Å². The molecule has 2 aromatic heterocycles. The van der Waals surface area contributed by atoms with E-state index >= 15 is 0 Å². The van der Waals surface area contributed by atoms with E-state index in [0.29, 0.717) is 18.5 Å². The number of carbonyl (C=O) groups is 1. The van der Waals surface area contributed by atoms with E-state index < -0.39 is 0 Å². The monoisotopic (exact) mass is 430 g/mol. The maximum Gasteiger partial charge on any atom is 0.183 e. The van der Waals surface area contributed by atoms with Crippen LogP contribution in [0.2, 0.25) is 0 Å². The Kier molecular flexibility index (Phi) is 5.51. The summed E-state index contributed by atoms with van der Waals surface area (Å²) < 4.78 is 1.82. The minimum Gasteiger partial charge on any atom is -0.369 e. The Morgan fingerprint density at radius 3 is 2.50 bits per heavy atom. The fourth-order valence-electron chi connectivity index (χ4n) is 4.74. The van der Waals surface area contributed by atoms with Gasteiger partial charge in [-0.25, -0.2) is 9.97 Å². The molecule has 1 aromatic carbocycles. The van der Waals surface area contributed by atoms with Crippen molar-refractivity contribution in [2.24, 2.45) is 7.05 Å². The van der Waals surface area contributed by atoms with Crippen LogP contribution in [0.15, 0.2) is 30.5 Å². The number of anilines is 1. The van der Waals surface area contributed by atoms with Gasteiger partial charge in [-0.1, -0.05) is 19.1 Å². The van der Waals surface area contributed by atoms with Crippen molar-refractivity contribution in [3.8, 4) is 11.4 Å². The lowest BCUT2D eigenvalue weighted by molar-refractivity contribution is 0.0982. The van der Waals surface area contributed by atoms with Gasteiger partial charge in [-0.15, -0.1) is 0 Å². The van der Waals surface area contributed by atoms with Crippen molar-refractivity contribution < 1.29 is 4.79 Å². The minimum absolute atomic E-state index is 0.0972. The number of Topliss-reactive ketones (excluding diaryl/α,β-unsaturated/α-hetero) is 1. The first kappa shape index (κ1) is 20.8. The Morgan fingerprint density at radius 2 is 1.78 bits per heavy atom. The summed E-state index contributed by atoms with van der Waals surface area (Å²) in [6.07, 6.45) is 4.76. The number of ketones is 1. The lowest BCUT2D eigenvalue weighted by atomic mass is 9.92. The van der Waals surface area contributed by atoms with Crippen LogP contribution in [0.4, 0.5) is 5.69 Å². The summed E-state index contributed by atoms with van der Waals surface area (Å²) in [5.74, 6) is 0.897. The van der Waals surface area contributed by atoms with E-state index in [1.165, 1.54) is 11.3 Å². The van der Waals surface area contributed by atoms with Crippen LogP contribution in [0.5, 0.6) is 0 Å². The Bertz CT molecular complexity index is 1140. The number of hydrogen-bond acceptors (Lipinski definition) is 6.